The van der Waals surface area contributed by atoms with E-state index in [-0.39, 0.29) is 29.8 Å². The predicted octanol–water partition coefficient (Wildman–Crippen LogP) is 3.51. The van der Waals surface area contributed by atoms with Gasteiger partial charge in [0.1, 0.15) is 5.56 Å². The number of benzene rings is 2. The van der Waals surface area contributed by atoms with E-state index in [9.17, 15) is 14.4 Å². The Labute approximate surface area is 193 Å². The number of aromatic nitrogens is 1. The van der Waals surface area contributed by atoms with E-state index in [1.165, 1.54) is 17.8 Å². The molecule has 6 nitrogen and oxygen atoms in total. The first kappa shape index (κ1) is 22.5. The number of H-pyrrole nitrogens is 1. The second-order valence-electron chi connectivity index (χ2n) is 8.51. The van der Waals surface area contributed by atoms with Crippen LogP contribution in [0.2, 0.25) is 0 Å². The second-order valence-corrected chi connectivity index (χ2v) is 8.51. The number of amides is 2. The molecule has 1 aliphatic rings. The molecule has 33 heavy (non-hydrogen) atoms. The van der Waals surface area contributed by atoms with E-state index in [0.29, 0.717) is 26.1 Å². The van der Waals surface area contributed by atoms with Crippen LogP contribution in [-0.2, 0) is 11.2 Å². The molecule has 2 amide bonds. The molecule has 0 unspecified atom stereocenters. The van der Waals surface area contributed by atoms with Crippen LogP contribution in [0.5, 0.6) is 0 Å². The Hall–Kier alpha value is -3.67. The van der Waals surface area contributed by atoms with Crippen molar-refractivity contribution in [2.45, 2.75) is 20.3 Å². The van der Waals surface area contributed by atoms with Gasteiger partial charge in [-0.1, -0.05) is 54.1 Å². The molecule has 6 heteroatoms. The Morgan fingerprint density at radius 2 is 1.76 bits per heavy atom. The molecule has 2 heterocycles. The molecular weight excluding hydrogens is 414 g/mol. The number of carbonyl (C=O) groups is 2. The molecule has 0 radical (unpaired) electrons. The lowest BCUT2D eigenvalue weighted by Crippen LogP contribution is -2.39. The van der Waals surface area contributed by atoms with Gasteiger partial charge >= 0.3 is 0 Å². The minimum absolute atomic E-state index is 0.0495. The first-order valence-electron chi connectivity index (χ1n) is 11.4. The van der Waals surface area contributed by atoms with Crippen LogP contribution in [0.15, 0.2) is 71.7 Å². The van der Waals surface area contributed by atoms with Crippen molar-refractivity contribution in [3.05, 3.63) is 93.9 Å². The lowest BCUT2D eigenvalue weighted by atomic mass is 9.91. The van der Waals surface area contributed by atoms with Crippen molar-refractivity contribution in [3.8, 4) is 11.1 Å². The minimum Gasteiger partial charge on any atom is -0.341 e. The first-order valence-corrected chi connectivity index (χ1v) is 11.4. The first-order chi connectivity index (χ1) is 16.0. The largest absolute Gasteiger partial charge is 0.341 e. The van der Waals surface area contributed by atoms with Gasteiger partial charge in [0.15, 0.2) is 0 Å². The summed E-state index contributed by atoms with van der Waals surface area (Å²) in [4.78, 5) is 44.7. The van der Waals surface area contributed by atoms with Crippen molar-refractivity contribution < 1.29 is 9.59 Å². The van der Waals surface area contributed by atoms with E-state index in [1.54, 1.807) is 11.0 Å². The highest BCUT2D eigenvalue weighted by molar-refractivity contribution is 5.94. The molecule has 1 fully saturated rings. The number of nitrogens with zero attached hydrogens (tertiary/aromatic N) is 2. The Bertz CT molecular complexity index is 1200. The van der Waals surface area contributed by atoms with E-state index in [1.807, 2.05) is 24.0 Å². The molecule has 4 rings (SSSR count). The van der Waals surface area contributed by atoms with Crippen molar-refractivity contribution in [2.75, 3.05) is 26.2 Å². The highest BCUT2D eigenvalue weighted by Gasteiger charge is 2.33. The number of hydrogen-bond acceptors (Lipinski definition) is 3. The number of carbonyl (C=O) groups excluding carboxylic acids is 2. The van der Waals surface area contributed by atoms with E-state index < -0.39 is 5.56 Å². The molecule has 3 aromatic rings. The Kier molecular flexibility index (Phi) is 6.73. The maximum Gasteiger partial charge on any atom is 0.260 e. The smallest absolute Gasteiger partial charge is 0.260 e. The molecule has 0 spiro atoms. The number of likely N-dealkylation sites (N-methyl/N-ethyl adjacent to an activating group) is 1. The molecule has 2 aromatic carbocycles. The van der Waals surface area contributed by atoms with Gasteiger partial charge in [0.25, 0.3) is 11.5 Å². The van der Waals surface area contributed by atoms with Gasteiger partial charge in [0, 0.05) is 32.4 Å². The van der Waals surface area contributed by atoms with E-state index in [4.69, 9.17) is 0 Å². The van der Waals surface area contributed by atoms with E-state index in [2.05, 4.69) is 48.3 Å². The second kappa shape index (κ2) is 9.86. The predicted molar refractivity (Wildman–Crippen MR) is 129 cm³/mol. The quantitative estimate of drug-likeness (QED) is 0.656. The molecule has 1 atom stereocenters. The Morgan fingerprint density at radius 1 is 1.00 bits per heavy atom. The number of aromatic amines is 1. The lowest BCUT2D eigenvalue weighted by Gasteiger charge is -2.24. The average Bonchev–Trinajstić information content (AvgIpc) is 2.98. The number of rotatable bonds is 5. The highest BCUT2D eigenvalue weighted by atomic mass is 16.2. The van der Waals surface area contributed by atoms with Crippen molar-refractivity contribution in [1.29, 1.82) is 0 Å². The summed E-state index contributed by atoms with van der Waals surface area (Å²) in [6.45, 7) is 5.75. The van der Waals surface area contributed by atoms with Gasteiger partial charge in [0.2, 0.25) is 5.91 Å². The van der Waals surface area contributed by atoms with Gasteiger partial charge < -0.3 is 14.8 Å². The normalized spacial score (nSPS) is 16.5. The summed E-state index contributed by atoms with van der Waals surface area (Å²) in [5.74, 6) is -0.668. The van der Waals surface area contributed by atoms with E-state index in [0.717, 1.165) is 16.7 Å². The third-order valence-corrected chi connectivity index (χ3v) is 6.31. The minimum atomic E-state index is -0.410. The summed E-state index contributed by atoms with van der Waals surface area (Å²) < 4.78 is 0. The van der Waals surface area contributed by atoms with Gasteiger partial charge in [-0.25, -0.2) is 0 Å². The lowest BCUT2D eigenvalue weighted by molar-refractivity contribution is -0.134. The Morgan fingerprint density at radius 3 is 2.48 bits per heavy atom. The van der Waals surface area contributed by atoms with Gasteiger partial charge in [-0.15, -0.1) is 0 Å². The van der Waals surface area contributed by atoms with Crippen molar-refractivity contribution in [1.82, 2.24) is 14.8 Å². The van der Waals surface area contributed by atoms with Crippen molar-refractivity contribution in [2.24, 2.45) is 5.92 Å². The van der Waals surface area contributed by atoms with Crippen LogP contribution in [-0.4, -0.2) is 52.8 Å². The molecule has 170 valence electrons. The SMILES string of the molecule is CCN1CCN(C(=O)c2ccc[nH]c2=O)C[C@H](Cc2ccccc2-c2ccc(C)cc2)C1=O. The molecule has 1 N–H and O–H groups in total. The molecule has 1 aromatic heterocycles. The van der Waals surface area contributed by atoms with Gasteiger partial charge in [-0.2, -0.15) is 0 Å². The zero-order valence-electron chi connectivity index (χ0n) is 19.1. The number of aryl methyl sites for hydroxylation is 1. The summed E-state index contributed by atoms with van der Waals surface area (Å²) in [5.41, 5.74) is 4.16. The van der Waals surface area contributed by atoms with E-state index >= 15 is 0 Å². The van der Waals surface area contributed by atoms with Gasteiger partial charge in [0.05, 0.1) is 5.92 Å². The average molecular weight is 444 g/mol. The summed E-state index contributed by atoms with van der Waals surface area (Å²) in [6, 6.07) is 19.7. The van der Waals surface area contributed by atoms with Crippen LogP contribution in [0.25, 0.3) is 11.1 Å². The summed E-state index contributed by atoms with van der Waals surface area (Å²) in [5, 5.41) is 0. The fourth-order valence-corrected chi connectivity index (χ4v) is 4.43. The zero-order chi connectivity index (χ0) is 23.4. The van der Waals surface area contributed by atoms with Crippen molar-refractivity contribution >= 4 is 11.8 Å². The number of pyridine rings is 1. The van der Waals surface area contributed by atoms with Crippen molar-refractivity contribution in [3.63, 3.8) is 0 Å². The monoisotopic (exact) mass is 443 g/mol. The van der Waals surface area contributed by atoms with Crippen LogP contribution in [0.1, 0.15) is 28.4 Å². The third-order valence-electron chi connectivity index (χ3n) is 6.31. The standard InChI is InChI=1S/C27H29N3O3/c1-3-29-15-16-30(27(33)24-9-6-14-28-25(24)31)18-22(26(29)32)17-21-7-4-5-8-23(21)20-12-10-19(2)11-13-20/h4-14,22H,3,15-18H2,1-2H3,(H,28,31)/t22-/m0/s1. The molecule has 0 saturated carbocycles. The van der Waals surface area contributed by atoms with Crippen LogP contribution in [0.4, 0.5) is 0 Å². The maximum absolute atomic E-state index is 13.4. The summed E-state index contributed by atoms with van der Waals surface area (Å²) in [6.07, 6.45) is 2.03. The van der Waals surface area contributed by atoms with Crippen LogP contribution >= 0.6 is 0 Å². The Balaban J connectivity index is 1.65. The zero-order valence-corrected chi connectivity index (χ0v) is 19.1. The maximum atomic E-state index is 13.4. The summed E-state index contributed by atoms with van der Waals surface area (Å²) >= 11 is 0. The van der Waals surface area contributed by atoms with Crippen LogP contribution < -0.4 is 5.56 Å². The number of hydrogen-bond donors (Lipinski definition) is 1. The number of nitrogens with one attached hydrogen (secondary N) is 1. The molecule has 1 aliphatic heterocycles. The fourth-order valence-electron chi connectivity index (χ4n) is 4.43. The van der Waals surface area contributed by atoms with Gasteiger partial charge in [-0.3, -0.25) is 14.4 Å². The summed E-state index contributed by atoms with van der Waals surface area (Å²) in [7, 11) is 0. The van der Waals surface area contributed by atoms with Gasteiger partial charge in [-0.05, 0) is 49.1 Å². The third kappa shape index (κ3) is 4.90. The topological polar surface area (TPSA) is 73.5 Å². The fraction of sp³-hybridized carbons (Fsp3) is 0.296. The molecular formula is C27H29N3O3. The molecule has 1 saturated heterocycles. The molecule has 0 aliphatic carbocycles. The van der Waals surface area contributed by atoms with Crippen LogP contribution in [0.3, 0.4) is 0 Å². The van der Waals surface area contributed by atoms with Crippen LogP contribution in [0, 0.1) is 12.8 Å². The highest BCUT2D eigenvalue weighted by Crippen LogP contribution is 2.27. The molecule has 0 bridgehead atoms.